The third kappa shape index (κ3) is 3.86. The molecule has 15 heavy (non-hydrogen) atoms. The lowest BCUT2D eigenvalue weighted by molar-refractivity contribution is 0.359. The van der Waals surface area contributed by atoms with Gasteiger partial charge in [0.1, 0.15) is 0 Å². The van der Waals surface area contributed by atoms with E-state index < -0.39 is 0 Å². The van der Waals surface area contributed by atoms with Crippen LogP contribution in [0, 0.1) is 5.41 Å². The summed E-state index contributed by atoms with van der Waals surface area (Å²) in [6.07, 6.45) is 8.33. The van der Waals surface area contributed by atoms with Crippen LogP contribution in [0.2, 0.25) is 0 Å². The summed E-state index contributed by atoms with van der Waals surface area (Å²) in [5.74, 6) is 5.33. The van der Waals surface area contributed by atoms with E-state index >= 15 is 0 Å². The maximum Gasteiger partial charge on any atom is 0.0311 e. The Morgan fingerprint density at radius 3 is 1.73 bits per heavy atom. The van der Waals surface area contributed by atoms with Gasteiger partial charge in [-0.3, -0.25) is 11.3 Å². The summed E-state index contributed by atoms with van der Waals surface area (Å²) >= 11 is 0. The first-order valence-electron chi connectivity index (χ1n) is 5.11. The van der Waals surface area contributed by atoms with E-state index in [9.17, 15) is 0 Å². The Bertz CT molecular complexity index is 214. The Morgan fingerprint density at radius 1 is 1.07 bits per heavy atom. The van der Waals surface area contributed by atoms with Crippen molar-refractivity contribution in [1.82, 2.24) is 5.43 Å². The SMILES string of the molecule is C=CCC(CC=C)(CC=C)C(=C)CNN. The number of nitrogens with one attached hydrogen (secondary N) is 1. The van der Waals surface area contributed by atoms with Gasteiger partial charge >= 0.3 is 0 Å². The maximum atomic E-state index is 5.33. The van der Waals surface area contributed by atoms with Crippen LogP contribution in [-0.4, -0.2) is 6.54 Å². The van der Waals surface area contributed by atoms with Gasteiger partial charge in [-0.25, -0.2) is 0 Å². The molecule has 0 aromatic carbocycles. The van der Waals surface area contributed by atoms with E-state index in [0.29, 0.717) is 6.54 Å². The van der Waals surface area contributed by atoms with Crippen molar-refractivity contribution in [2.45, 2.75) is 19.3 Å². The van der Waals surface area contributed by atoms with Crippen LogP contribution in [-0.2, 0) is 0 Å². The van der Waals surface area contributed by atoms with Gasteiger partial charge in [0.2, 0.25) is 0 Å². The van der Waals surface area contributed by atoms with Gasteiger partial charge in [-0.15, -0.1) is 19.7 Å². The summed E-state index contributed by atoms with van der Waals surface area (Å²) in [6, 6.07) is 0. The van der Waals surface area contributed by atoms with E-state index in [2.05, 4.69) is 31.7 Å². The zero-order chi connectivity index (χ0) is 11.7. The molecule has 0 saturated heterocycles. The van der Waals surface area contributed by atoms with Crippen molar-refractivity contribution in [3.8, 4) is 0 Å². The minimum absolute atomic E-state index is 0.0301. The summed E-state index contributed by atoms with van der Waals surface area (Å²) in [7, 11) is 0. The smallest absolute Gasteiger partial charge is 0.0311 e. The highest BCUT2D eigenvalue weighted by molar-refractivity contribution is 5.17. The van der Waals surface area contributed by atoms with Gasteiger partial charge in [-0.05, 0) is 19.3 Å². The largest absolute Gasteiger partial charge is 0.271 e. The van der Waals surface area contributed by atoms with Crippen LogP contribution in [0.5, 0.6) is 0 Å². The molecule has 0 fully saturated rings. The molecular formula is C13H22N2. The highest BCUT2D eigenvalue weighted by atomic mass is 15.2. The van der Waals surface area contributed by atoms with Crippen LogP contribution < -0.4 is 11.3 Å². The Morgan fingerprint density at radius 2 is 1.47 bits per heavy atom. The van der Waals surface area contributed by atoms with E-state index in [0.717, 1.165) is 24.8 Å². The van der Waals surface area contributed by atoms with Gasteiger partial charge < -0.3 is 0 Å². The number of hydrazine groups is 1. The van der Waals surface area contributed by atoms with Crippen molar-refractivity contribution in [3.63, 3.8) is 0 Å². The highest BCUT2D eigenvalue weighted by Crippen LogP contribution is 2.38. The summed E-state index contributed by atoms with van der Waals surface area (Å²) in [5, 5.41) is 0. The molecule has 0 unspecified atom stereocenters. The molecule has 2 nitrogen and oxygen atoms in total. The van der Waals surface area contributed by atoms with E-state index in [1.54, 1.807) is 0 Å². The molecule has 0 bridgehead atoms. The van der Waals surface area contributed by atoms with Gasteiger partial charge in [0.15, 0.2) is 0 Å². The summed E-state index contributed by atoms with van der Waals surface area (Å²) in [6.45, 7) is 16.1. The third-order valence-corrected chi connectivity index (χ3v) is 2.67. The average molecular weight is 206 g/mol. The molecule has 0 aliphatic heterocycles. The number of nitrogens with two attached hydrogens (primary N) is 1. The quantitative estimate of drug-likeness (QED) is 0.346. The molecule has 0 rings (SSSR count). The molecule has 0 atom stereocenters. The molecule has 84 valence electrons. The minimum Gasteiger partial charge on any atom is -0.271 e. The van der Waals surface area contributed by atoms with Crippen LogP contribution in [0.3, 0.4) is 0 Å². The van der Waals surface area contributed by atoms with Gasteiger partial charge in [0.25, 0.3) is 0 Å². The van der Waals surface area contributed by atoms with E-state index in [4.69, 9.17) is 5.84 Å². The molecule has 0 amide bonds. The Kier molecular flexibility index (Phi) is 6.67. The number of hydrogen-bond acceptors (Lipinski definition) is 2. The Labute approximate surface area is 93.2 Å². The molecule has 0 heterocycles. The lowest BCUT2D eigenvalue weighted by atomic mass is 9.72. The fraction of sp³-hybridized carbons (Fsp3) is 0.385. The first-order chi connectivity index (χ1) is 7.16. The lowest BCUT2D eigenvalue weighted by Crippen LogP contribution is -2.32. The molecule has 0 radical (unpaired) electrons. The molecule has 0 spiro atoms. The summed E-state index contributed by atoms with van der Waals surface area (Å²) < 4.78 is 0. The molecule has 0 aliphatic rings. The van der Waals surface area contributed by atoms with Crippen molar-refractivity contribution >= 4 is 0 Å². The predicted molar refractivity (Wildman–Crippen MR) is 68.2 cm³/mol. The second-order valence-electron chi connectivity index (χ2n) is 3.74. The van der Waals surface area contributed by atoms with Crippen LogP contribution in [0.1, 0.15) is 19.3 Å². The number of allylic oxidation sites excluding steroid dienone is 3. The summed E-state index contributed by atoms with van der Waals surface area (Å²) in [5.41, 5.74) is 3.69. The maximum absolute atomic E-state index is 5.33. The number of hydrogen-bond donors (Lipinski definition) is 2. The van der Waals surface area contributed by atoms with Gasteiger partial charge in [0.05, 0.1) is 0 Å². The van der Waals surface area contributed by atoms with Crippen molar-refractivity contribution in [2.75, 3.05) is 6.54 Å². The van der Waals surface area contributed by atoms with Crippen LogP contribution >= 0.6 is 0 Å². The van der Waals surface area contributed by atoms with Crippen molar-refractivity contribution in [3.05, 3.63) is 50.1 Å². The Balaban J connectivity index is 4.88. The van der Waals surface area contributed by atoms with Crippen LogP contribution in [0.15, 0.2) is 50.1 Å². The van der Waals surface area contributed by atoms with E-state index in [1.807, 2.05) is 18.2 Å². The normalized spacial score (nSPS) is 10.7. The van der Waals surface area contributed by atoms with Crippen LogP contribution in [0.4, 0.5) is 0 Å². The minimum atomic E-state index is -0.0301. The van der Waals surface area contributed by atoms with Crippen molar-refractivity contribution < 1.29 is 0 Å². The van der Waals surface area contributed by atoms with Crippen molar-refractivity contribution in [2.24, 2.45) is 11.3 Å². The van der Waals surface area contributed by atoms with Gasteiger partial charge in [-0.1, -0.05) is 30.4 Å². The first kappa shape index (κ1) is 13.9. The third-order valence-electron chi connectivity index (χ3n) is 2.67. The molecule has 0 aromatic heterocycles. The Hall–Kier alpha value is -1.12. The molecule has 0 aromatic rings. The second-order valence-corrected chi connectivity index (χ2v) is 3.74. The highest BCUT2D eigenvalue weighted by Gasteiger charge is 2.28. The molecule has 0 saturated carbocycles. The molecule has 0 aliphatic carbocycles. The second kappa shape index (κ2) is 7.21. The molecular weight excluding hydrogens is 184 g/mol. The standard InChI is InChI=1S/C13H22N2/c1-5-8-13(9-6-2,10-7-3)12(4)11-15-14/h5-7,15H,1-4,8-11,14H2. The fourth-order valence-electron chi connectivity index (χ4n) is 1.82. The van der Waals surface area contributed by atoms with Gasteiger partial charge in [-0.2, -0.15) is 0 Å². The van der Waals surface area contributed by atoms with Crippen LogP contribution in [0.25, 0.3) is 0 Å². The average Bonchev–Trinajstić information content (AvgIpc) is 2.19. The van der Waals surface area contributed by atoms with Gasteiger partial charge in [0, 0.05) is 12.0 Å². The number of rotatable bonds is 9. The zero-order valence-electron chi connectivity index (χ0n) is 9.47. The fourth-order valence-corrected chi connectivity index (χ4v) is 1.82. The molecule has 2 heteroatoms. The first-order valence-corrected chi connectivity index (χ1v) is 5.11. The zero-order valence-corrected chi connectivity index (χ0v) is 9.47. The van der Waals surface area contributed by atoms with E-state index in [1.165, 1.54) is 0 Å². The summed E-state index contributed by atoms with van der Waals surface area (Å²) in [4.78, 5) is 0. The topological polar surface area (TPSA) is 38.0 Å². The van der Waals surface area contributed by atoms with E-state index in [-0.39, 0.29) is 5.41 Å². The predicted octanol–water partition coefficient (Wildman–Crippen LogP) is 2.72. The van der Waals surface area contributed by atoms with Crippen molar-refractivity contribution in [1.29, 1.82) is 0 Å². The lowest BCUT2D eigenvalue weighted by Gasteiger charge is -2.33. The molecule has 3 N–H and O–H groups in total. The monoisotopic (exact) mass is 206 g/mol.